The van der Waals surface area contributed by atoms with Gasteiger partial charge < -0.3 is 15.6 Å². The maximum absolute atomic E-state index is 11.4. The van der Waals surface area contributed by atoms with E-state index in [1.165, 1.54) is 0 Å². The van der Waals surface area contributed by atoms with Crippen LogP contribution < -0.4 is 16.2 Å². The molecule has 3 N–H and O–H groups in total. The van der Waals surface area contributed by atoms with Crippen LogP contribution in [0.4, 0.5) is 5.82 Å². The standard InChI is InChI=1S/C12H22N4O/c1-9(2)8-16(6-4-5-13)11-7-12(17)15-10(3)14-11/h7,9H,4-6,8,13H2,1-3H3,(H,14,15,17). The van der Waals surface area contributed by atoms with Gasteiger partial charge in [0.2, 0.25) is 0 Å². The lowest BCUT2D eigenvalue weighted by atomic mass is 10.2. The third-order valence-electron chi connectivity index (χ3n) is 2.39. The first-order chi connectivity index (χ1) is 8.02. The predicted octanol–water partition coefficient (Wildman–Crippen LogP) is 0.890. The Labute approximate surface area is 102 Å². The number of aromatic nitrogens is 2. The monoisotopic (exact) mass is 238 g/mol. The van der Waals surface area contributed by atoms with E-state index in [2.05, 4.69) is 28.7 Å². The van der Waals surface area contributed by atoms with Crippen molar-refractivity contribution in [3.05, 3.63) is 22.2 Å². The SMILES string of the molecule is Cc1nc(N(CCCN)CC(C)C)cc(=O)[nH]1. The fourth-order valence-corrected chi connectivity index (χ4v) is 1.75. The molecule has 5 nitrogen and oxygen atoms in total. The van der Waals surface area contributed by atoms with Gasteiger partial charge in [0.1, 0.15) is 11.6 Å². The zero-order chi connectivity index (χ0) is 12.8. The first kappa shape index (κ1) is 13.7. The number of H-pyrrole nitrogens is 1. The average Bonchev–Trinajstić information content (AvgIpc) is 2.22. The Bertz CT molecular complexity index is 400. The Kier molecular flexibility index (Phi) is 5.15. The van der Waals surface area contributed by atoms with Crippen LogP contribution in [0.15, 0.2) is 10.9 Å². The van der Waals surface area contributed by atoms with E-state index in [9.17, 15) is 4.79 Å². The maximum Gasteiger partial charge on any atom is 0.252 e. The summed E-state index contributed by atoms with van der Waals surface area (Å²) in [6.45, 7) is 8.46. The topological polar surface area (TPSA) is 75.0 Å². The number of nitrogens with zero attached hydrogens (tertiary/aromatic N) is 2. The fourth-order valence-electron chi connectivity index (χ4n) is 1.75. The third-order valence-corrected chi connectivity index (χ3v) is 2.39. The molecule has 1 heterocycles. The number of hydrogen-bond acceptors (Lipinski definition) is 4. The molecule has 0 spiro atoms. The molecule has 0 atom stereocenters. The smallest absolute Gasteiger partial charge is 0.252 e. The van der Waals surface area contributed by atoms with Gasteiger partial charge in [-0.3, -0.25) is 4.79 Å². The summed E-state index contributed by atoms with van der Waals surface area (Å²) in [6, 6.07) is 1.55. The second kappa shape index (κ2) is 6.39. The predicted molar refractivity (Wildman–Crippen MR) is 70.3 cm³/mol. The summed E-state index contributed by atoms with van der Waals surface area (Å²) >= 11 is 0. The average molecular weight is 238 g/mol. The molecule has 0 saturated heterocycles. The summed E-state index contributed by atoms with van der Waals surface area (Å²) in [4.78, 5) is 20.6. The molecule has 96 valence electrons. The van der Waals surface area contributed by atoms with Crippen LogP contribution in [0.3, 0.4) is 0 Å². The highest BCUT2D eigenvalue weighted by Crippen LogP contribution is 2.11. The van der Waals surface area contributed by atoms with Crippen LogP contribution in [0.2, 0.25) is 0 Å². The van der Waals surface area contributed by atoms with Crippen LogP contribution in [0.1, 0.15) is 26.1 Å². The van der Waals surface area contributed by atoms with Gasteiger partial charge in [-0.1, -0.05) is 13.8 Å². The molecular formula is C12H22N4O. The fraction of sp³-hybridized carbons (Fsp3) is 0.667. The van der Waals surface area contributed by atoms with E-state index in [-0.39, 0.29) is 5.56 Å². The highest BCUT2D eigenvalue weighted by molar-refractivity contribution is 5.37. The van der Waals surface area contributed by atoms with Crippen LogP contribution in [0, 0.1) is 12.8 Å². The molecule has 0 aliphatic rings. The Morgan fingerprint density at radius 1 is 1.53 bits per heavy atom. The summed E-state index contributed by atoms with van der Waals surface area (Å²) in [7, 11) is 0. The Morgan fingerprint density at radius 3 is 2.76 bits per heavy atom. The normalized spacial score (nSPS) is 10.9. The third kappa shape index (κ3) is 4.56. The molecule has 0 unspecified atom stereocenters. The van der Waals surface area contributed by atoms with Crippen molar-refractivity contribution in [1.82, 2.24) is 9.97 Å². The number of aryl methyl sites for hydroxylation is 1. The molecule has 0 bridgehead atoms. The summed E-state index contributed by atoms with van der Waals surface area (Å²) in [6.07, 6.45) is 0.903. The Morgan fingerprint density at radius 2 is 2.24 bits per heavy atom. The van der Waals surface area contributed by atoms with Crippen LogP contribution in [0.25, 0.3) is 0 Å². The molecule has 0 amide bonds. The molecule has 0 aliphatic heterocycles. The summed E-state index contributed by atoms with van der Waals surface area (Å²) in [5.41, 5.74) is 5.43. The summed E-state index contributed by atoms with van der Waals surface area (Å²) in [5.74, 6) is 1.91. The van der Waals surface area contributed by atoms with E-state index in [1.54, 1.807) is 13.0 Å². The zero-order valence-electron chi connectivity index (χ0n) is 10.9. The first-order valence-electron chi connectivity index (χ1n) is 6.06. The number of anilines is 1. The molecule has 1 aromatic rings. The van der Waals surface area contributed by atoms with E-state index in [1.807, 2.05) is 0 Å². The molecule has 0 aliphatic carbocycles. The van der Waals surface area contributed by atoms with Gasteiger partial charge in [-0.05, 0) is 25.8 Å². The number of hydrogen-bond donors (Lipinski definition) is 2. The minimum Gasteiger partial charge on any atom is -0.356 e. The molecule has 0 fully saturated rings. The highest BCUT2D eigenvalue weighted by Gasteiger charge is 2.10. The van der Waals surface area contributed by atoms with E-state index in [4.69, 9.17) is 5.73 Å². The Balaban J connectivity index is 2.90. The molecule has 17 heavy (non-hydrogen) atoms. The first-order valence-corrected chi connectivity index (χ1v) is 6.06. The number of nitrogens with two attached hydrogens (primary N) is 1. The van der Waals surface area contributed by atoms with Gasteiger partial charge in [-0.2, -0.15) is 0 Å². The lowest BCUT2D eigenvalue weighted by Gasteiger charge is -2.25. The Hall–Kier alpha value is -1.36. The van der Waals surface area contributed by atoms with Crippen LogP contribution in [-0.2, 0) is 0 Å². The minimum absolute atomic E-state index is 0.103. The highest BCUT2D eigenvalue weighted by atomic mass is 16.1. The van der Waals surface area contributed by atoms with E-state index >= 15 is 0 Å². The largest absolute Gasteiger partial charge is 0.356 e. The van der Waals surface area contributed by atoms with Gasteiger partial charge in [-0.15, -0.1) is 0 Å². The van der Waals surface area contributed by atoms with Gasteiger partial charge >= 0.3 is 0 Å². The van der Waals surface area contributed by atoms with Crippen LogP contribution in [-0.4, -0.2) is 29.6 Å². The summed E-state index contributed by atoms with van der Waals surface area (Å²) < 4.78 is 0. The van der Waals surface area contributed by atoms with Crippen molar-refractivity contribution >= 4 is 5.82 Å². The van der Waals surface area contributed by atoms with E-state index in [0.29, 0.717) is 18.3 Å². The second-order valence-electron chi connectivity index (χ2n) is 4.67. The lowest BCUT2D eigenvalue weighted by molar-refractivity contribution is 0.595. The lowest BCUT2D eigenvalue weighted by Crippen LogP contribution is -2.32. The van der Waals surface area contributed by atoms with E-state index < -0.39 is 0 Å². The molecule has 0 radical (unpaired) electrons. The molecular weight excluding hydrogens is 216 g/mol. The van der Waals surface area contributed by atoms with E-state index in [0.717, 1.165) is 25.3 Å². The maximum atomic E-state index is 11.4. The molecule has 0 saturated carbocycles. The molecule has 0 aromatic carbocycles. The second-order valence-corrected chi connectivity index (χ2v) is 4.67. The van der Waals surface area contributed by atoms with Crippen LogP contribution in [0.5, 0.6) is 0 Å². The van der Waals surface area contributed by atoms with Gasteiger partial charge in [0.25, 0.3) is 5.56 Å². The van der Waals surface area contributed by atoms with Crippen molar-refractivity contribution in [3.8, 4) is 0 Å². The quantitative estimate of drug-likeness (QED) is 0.771. The van der Waals surface area contributed by atoms with Crippen molar-refractivity contribution < 1.29 is 0 Å². The zero-order valence-corrected chi connectivity index (χ0v) is 10.9. The number of nitrogens with one attached hydrogen (secondary N) is 1. The van der Waals surface area contributed by atoms with Crippen molar-refractivity contribution in [2.24, 2.45) is 11.7 Å². The minimum atomic E-state index is -0.103. The summed E-state index contributed by atoms with van der Waals surface area (Å²) in [5, 5.41) is 0. The van der Waals surface area contributed by atoms with Crippen molar-refractivity contribution in [2.75, 3.05) is 24.5 Å². The molecule has 1 rings (SSSR count). The van der Waals surface area contributed by atoms with Gasteiger partial charge in [0.15, 0.2) is 0 Å². The van der Waals surface area contributed by atoms with Crippen molar-refractivity contribution in [2.45, 2.75) is 27.2 Å². The number of aromatic amines is 1. The van der Waals surface area contributed by atoms with Crippen molar-refractivity contribution in [3.63, 3.8) is 0 Å². The number of rotatable bonds is 6. The molecule has 1 aromatic heterocycles. The van der Waals surface area contributed by atoms with Gasteiger partial charge in [0.05, 0.1) is 0 Å². The van der Waals surface area contributed by atoms with Crippen LogP contribution >= 0.6 is 0 Å². The molecule has 5 heteroatoms. The van der Waals surface area contributed by atoms with Gasteiger partial charge in [-0.25, -0.2) is 4.98 Å². The van der Waals surface area contributed by atoms with Gasteiger partial charge in [0, 0.05) is 19.2 Å². The van der Waals surface area contributed by atoms with Crippen molar-refractivity contribution in [1.29, 1.82) is 0 Å².